The number of carbonyl (C=O) groups excluding carboxylic acids is 1. The summed E-state index contributed by atoms with van der Waals surface area (Å²) in [4.78, 5) is 19.1. The number of amides is 1. The normalized spacial score (nSPS) is 23.5. The van der Waals surface area contributed by atoms with E-state index in [2.05, 4.69) is 5.32 Å². The summed E-state index contributed by atoms with van der Waals surface area (Å²) in [6, 6.07) is 9.00. The van der Waals surface area contributed by atoms with Crippen molar-refractivity contribution in [2.45, 2.75) is 44.7 Å². The summed E-state index contributed by atoms with van der Waals surface area (Å²) < 4.78 is 19.3. The minimum Gasteiger partial charge on any atom is -0.491 e. The topological polar surface area (TPSA) is 54.5 Å². The van der Waals surface area contributed by atoms with Crippen molar-refractivity contribution in [1.29, 1.82) is 0 Å². The van der Waals surface area contributed by atoms with Gasteiger partial charge in [-0.1, -0.05) is 6.07 Å². The summed E-state index contributed by atoms with van der Waals surface area (Å²) in [5, 5.41) is 3.57. The third-order valence-electron chi connectivity index (χ3n) is 5.84. The molecule has 2 atom stereocenters. The highest BCUT2D eigenvalue weighted by Crippen LogP contribution is 2.39. The smallest absolute Gasteiger partial charge is 0.242 e. The fourth-order valence-corrected chi connectivity index (χ4v) is 4.38. The lowest BCUT2D eigenvalue weighted by atomic mass is 9.96. The molecule has 1 aromatic carbocycles. The number of likely N-dealkylation sites (N-methyl/N-ethyl adjacent to an activating group) is 1. The van der Waals surface area contributed by atoms with Gasteiger partial charge in [-0.05, 0) is 68.5 Å². The highest BCUT2D eigenvalue weighted by atomic mass is 35.5. The Balaban J connectivity index is 0.00000240. The van der Waals surface area contributed by atoms with Crippen LogP contribution in [0.4, 0.5) is 4.39 Å². The van der Waals surface area contributed by atoms with Crippen molar-refractivity contribution in [3.05, 3.63) is 47.5 Å². The lowest BCUT2D eigenvalue weighted by Gasteiger charge is -2.23. The minimum absolute atomic E-state index is 0. The monoisotopic (exact) mass is 419 g/mol. The first-order valence-electron chi connectivity index (χ1n) is 9.86. The molecule has 0 bridgehead atoms. The zero-order valence-electron chi connectivity index (χ0n) is 17.0. The maximum atomic E-state index is 13.9. The van der Waals surface area contributed by atoms with Crippen LogP contribution in [-0.4, -0.2) is 41.5 Å². The average molecular weight is 420 g/mol. The van der Waals surface area contributed by atoms with Crippen LogP contribution in [0.25, 0.3) is 11.1 Å². The van der Waals surface area contributed by atoms with E-state index < -0.39 is 5.54 Å². The van der Waals surface area contributed by atoms with Crippen molar-refractivity contribution in [2.75, 3.05) is 20.2 Å². The molecule has 1 amide bonds. The Bertz CT molecular complexity index is 923. The van der Waals surface area contributed by atoms with Gasteiger partial charge in [0, 0.05) is 19.3 Å². The zero-order valence-corrected chi connectivity index (χ0v) is 17.8. The summed E-state index contributed by atoms with van der Waals surface area (Å²) >= 11 is 0. The zero-order chi connectivity index (χ0) is 19.9. The van der Waals surface area contributed by atoms with E-state index in [0.717, 1.165) is 48.3 Å². The van der Waals surface area contributed by atoms with Crippen LogP contribution in [-0.2, 0) is 4.79 Å². The molecule has 29 heavy (non-hydrogen) atoms. The number of ether oxygens (including phenoxy) is 1. The first kappa shape index (κ1) is 21.5. The molecule has 0 radical (unpaired) electrons. The second-order valence-corrected chi connectivity index (χ2v) is 7.79. The molecule has 2 fully saturated rings. The quantitative estimate of drug-likeness (QED) is 0.812. The Kier molecular flexibility index (Phi) is 6.15. The first-order chi connectivity index (χ1) is 13.4. The van der Waals surface area contributed by atoms with Gasteiger partial charge in [0.15, 0.2) is 11.6 Å². The maximum absolute atomic E-state index is 13.9. The van der Waals surface area contributed by atoms with Gasteiger partial charge in [0.05, 0.1) is 18.3 Å². The first-order valence-corrected chi connectivity index (χ1v) is 9.86. The predicted octanol–water partition coefficient (Wildman–Crippen LogP) is 4.04. The molecule has 156 valence electrons. The number of nitrogens with zero attached hydrogens (tertiary/aromatic N) is 2. The number of pyridine rings is 1. The molecular weight excluding hydrogens is 393 g/mol. The number of likely N-dealkylation sites (tertiary alicyclic amines) is 1. The van der Waals surface area contributed by atoms with Gasteiger partial charge >= 0.3 is 0 Å². The molecule has 0 aliphatic carbocycles. The van der Waals surface area contributed by atoms with Crippen LogP contribution in [0.2, 0.25) is 0 Å². The molecule has 2 aliphatic rings. The number of halogens is 2. The van der Waals surface area contributed by atoms with Crippen LogP contribution >= 0.6 is 12.4 Å². The Morgan fingerprint density at radius 3 is 2.76 bits per heavy atom. The van der Waals surface area contributed by atoms with E-state index >= 15 is 0 Å². The van der Waals surface area contributed by atoms with Gasteiger partial charge in [0.25, 0.3) is 0 Å². The number of hydrogen-bond acceptors (Lipinski definition) is 4. The van der Waals surface area contributed by atoms with E-state index in [9.17, 15) is 9.18 Å². The molecule has 1 spiro atoms. The number of rotatable bonds is 4. The molecule has 4 rings (SSSR count). The van der Waals surface area contributed by atoms with Gasteiger partial charge in [-0.2, -0.15) is 0 Å². The van der Waals surface area contributed by atoms with Gasteiger partial charge in [-0.25, -0.2) is 4.39 Å². The second kappa shape index (κ2) is 8.28. The third-order valence-corrected chi connectivity index (χ3v) is 5.84. The molecule has 2 aromatic rings. The molecule has 2 saturated heterocycles. The predicted molar refractivity (Wildman–Crippen MR) is 113 cm³/mol. The van der Waals surface area contributed by atoms with Crippen molar-refractivity contribution < 1.29 is 13.9 Å². The van der Waals surface area contributed by atoms with Crippen molar-refractivity contribution in [3.63, 3.8) is 0 Å². The summed E-state index contributed by atoms with van der Waals surface area (Å²) in [5.41, 5.74) is 3.24. The Hall–Kier alpha value is -2.18. The molecule has 0 saturated carbocycles. The average Bonchev–Trinajstić information content (AvgIpc) is 3.23. The van der Waals surface area contributed by atoms with Crippen LogP contribution in [0, 0.1) is 12.7 Å². The SMILES string of the molecule is CCOc1cc(-c2cc(C)nc([C@H]3CC[C@]4(CCN(C)C4=O)N3)c2)ccc1F.Cl. The van der Waals surface area contributed by atoms with Gasteiger partial charge in [-0.15, -0.1) is 12.4 Å². The fraction of sp³-hybridized carbons (Fsp3) is 0.455. The van der Waals surface area contributed by atoms with Gasteiger partial charge in [0.1, 0.15) is 5.54 Å². The van der Waals surface area contributed by atoms with E-state index in [1.807, 2.05) is 33.0 Å². The van der Waals surface area contributed by atoms with Crippen LogP contribution in [0.3, 0.4) is 0 Å². The van der Waals surface area contributed by atoms with Crippen LogP contribution in [0.15, 0.2) is 30.3 Å². The number of benzene rings is 1. The number of hydrogen-bond donors (Lipinski definition) is 1. The Labute approximate surface area is 177 Å². The number of nitrogens with one attached hydrogen (secondary N) is 1. The van der Waals surface area contributed by atoms with Gasteiger partial charge in [0.2, 0.25) is 5.91 Å². The van der Waals surface area contributed by atoms with Crippen molar-refractivity contribution in [1.82, 2.24) is 15.2 Å². The Morgan fingerprint density at radius 1 is 1.28 bits per heavy atom. The second-order valence-electron chi connectivity index (χ2n) is 7.79. The summed E-state index contributed by atoms with van der Waals surface area (Å²) in [5.74, 6) is 0.0798. The maximum Gasteiger partial charge on any atom is 0.242 e. The molecule has 5 nitrogen and oxygen atoms in total. The van der Waals surface area contributed by atoms with E-state index in [1.165, 1.54) is 6.07 Å². The minimum atomic E-state index is -0.441. The summed E-state index contributed by atoms with van der Waals surface area (Å²) in [7, 11) is 1.86. The van der Waals surface area contributed by atoms with E-state index in [1.54, 1.807) is 17.0 Å². The van der Waals surface area contributed by atoms with Crippen molar-refractivity contribution in [3.8, 4) is 16.9 Å². The fourth-order valence-electron chi connectivity index (χ4n) is 4.38. The lowest BCUT2D eigenvalue weighted by Crippen LogP contribution is -2.47. The number of aryl methyl sites for hydroxylation is 1. The standard InChI is InChI=1S/C22H26FN3O2.ClH/c1-4-28-20-13-15(5-6-17(20)23)16-11-14(2)24-19(12-16)18-7-8-22(25-18)9-10-26(3)21(22)27;/h5-6,11-13,18,25H,4,7-10H2,1-3H3;1H/t18-,22-;/m1./s1. The molecule has 3 heterocycles. The molecule has 0 unspecified atom stereocenters. The van der Waals surface area contributed by atoms with Crippen LogP contribution < -0.4 is 10.1 Å². The van der Waals surface area contributed by atoms with Crippen LogP contribution in [0.1, 0.15) is 43.6 Å². The van der Waals surface area contributed by atoms with E-state index in [4.69, 9.17) is 9.72 Å². The summed E-state index contributed by atoms with van der Waals surface area (Å²) in [6.07, 6.45) is 2.55. The molecule has 1 aromatic heterocycles. The number of carbonyl (C=O) groups is 1. The van der Waals surface area contributed by atoms with Crippen LogP contribution in [0.5, 0.6) is 5.75 Å². The van der Waals surface area contributed by atoms with Gasteiger partial charge < -0.3 is 9.64 Å². The molecule has 2 aliphatic heterocycles. The molecule has 7 heteroatoms. The van der Waals surface area contributed by atoms with Crippen molar-refractivity contribution >= 4 is 18.3 Å². The summed E-state index contributed by atoms with van der Waals surface area (Å²) in [6.45, 7) is 5.00. The molecule has 1 N–H and O–H groups in total. The van der Waals surface area contributed by atoms with Crippen molar-refractivity contribution in [2.24, 2.45) is 0 Å². The molecular formula is C22H27ClFN3O2. The largest absolute Gasteiger partial charge is 0.491 e. The third kappa shape index (κ3) is 3.96. The number of aromatic nitrogens is 1. The highest BCUT2D eigenvalue weighted by molar-refractivity contribution is 5.88. The van der Waals surface area contributed by atoms with E-state index in [-0.39, 0.29) is 35.9 Å². The lowest BCUT2D eigenvalue weighted by molar-refractivity contribution is -0.131. The highest BCUT2D eigenvalue weighted by Gasteiger charge is 2.50. The van der Waals surface area contributed by atoms with E-state index in [0.29, 0.717) is 6.61 Å². The van der Waals surface area contributed by atoms with Gasteiger partial charge in [-0.3, -0.25) is 15.1 Å². The Morgan fingerprint density at radius 2 is 2.07 bits per heavy atom.